The molecule has 1 rings (SSSR count). The maximum Gasteiger partial charge on any atom is 0.221 e. The normalized spacial score (nSPS) is 9.73. The molecule has 0 aliphatic carbocycles. The number of hydrogen-bond donors (Lipinski definition) is 1. The van der Waals surface area contributed by atoms with Crippen LogP contribution in [0.15, 0.2) is 6.20 Å². The molecule has 0 aliphatic rings. The second kappa shape index (κ2) is 2.92. The molecule has 60 valence electrons. The lowest BCUT2D eigenvalue weighted by atomic mass is 10.5. The molecule has 0 bridgehead atoms. The van der Waals surface area contributed by atoms with E-state index >= 15 is 0 Å². The zero-order valence-electron chi connectivity index (χ0n) is 6.26. The van der Waals surface area contributed by atoms with Crippen molar-refractivity contribution in [2.24, 2.45) is 7.05 Å². The van der Waals surface area contributed by atoms with Gasteiger partial charge in [-0.3, -0.25) is 9.48 Å². The van der Waals surface area contributed by atoms with Crippen molar-refractivity contribution in [2.75, 3.05) is 5.32 Å². The van der Waals surface area contributed by atoms with Crippen molar-refractivity contribution >= 4 is 23.2 Å². The second-order valence-corrected chi connectivity index (χ2v) is 2.55. The maximum atomic E-state index is 10.6. The van der Waals surface area contributed by atoms with E-state index in [2.05, 4.69) is 10.4 Å². The molecule has 0 aromatic carbocycles. The van der Waals surface area contributed by atoms with Gasteiger partial charge in [0, 0.05) is 20.2 Å². The van der Waals surface area contributed by atoms with Crippen LogP contribution < -0.4 is 5.32 Å². The van der Waals surface area contributed by atoms with Gasteiger partial charge in [-0.25, -0.2) is 0 Å². The van der Waals surface area contributed by atoms with E-state index in [0.717, 1.165) is 0 Å². The van der Waals surface area contributed by atoms with Crippen molar-refractivity contribution in [2.45, 2.75) is 6.92 Å². The van der Waals surface area contributed by atoms with Gasteiger partial charge < -0.3 is 5.32 Å². The summed E-state index contributed by atoms with van der Waals surface area (Å²) in [5.41, 5.74) is 0.543. The average molecular weight is 174 g/mol. The minimum absolute atomic E-state index is 0.153. The molecule has 4 nitrogen and oxygen atoms in total. The van der Waals surface area contributed by atoms with E-state index < -0.39 is 0 Å². The Morgan fingerprint density at radius 3 is 2.82 bits per heavy atom. The van der Waals surface area contributed by atoms with E-state index in [-0.39, 0.29) is 5.91 Å². The Morgan fingerprint density at radius 1 is 1.82 bits per heavy atom. The first kappa shape index (κ1) is 8.07. The number of nitrogens with one attached hydrogen (secondary N) is 1. The molecule has 0 saturated heterocycles. The summed E-state index contributed by atoms with van der Waals surface area (Å²) in [7, 11) is 1.73. The highest BCUT2D eigenvalue weighted by atomic mass is 35.5. The third-order valence-electron chi connectivity index (χ3n) is 1.09. The number of aromatic nitrogens is 2. The van der Waals surface area contributed by atoms with Crippen LogP contribution in [-0.2, 0) is 11.8 Å². The molecule has 11 heavy (non-hydrogen) atoms. The van der Waals surface area contributed by atoms with Gasteiger partial charge in [-0.1, -0.05) is 11.6 Å². The van der Waals surface area contributed by atoms with Crippen LogP contribution in [0.3, 0.4) is 0 Å². The lowest BCUT2D eigenvalue weighted by molar-refractivity contribution is -0.114. The van der Waals surface area contributed by atoms with Crippen LogP contribution in [0.5, 0.6) is 0 Å². The third-order valence-corrected chi connectivity index (χ3v) is 1.37. The first-order valence-corrected chi connectivity index (χ1v) is 3.44. The van der Waals surface area contributed by atoms with E-state index in [1.165, 1.54) is 11.6 Å². The Hall–Kier alpha value is -1.03. The molecule has 0 saturated carbocycles. The quantitative estimate of drug-likeness (QED) is 0.690. The number of carbonyl (C=O) groups is 1. The van der Waals surface area contributed by atoms with Gasteiger partial charge in [0.2, 0.25) is 5.91 Å². The molecule has 1 heterocycles. The summed E-state index contributed by atoms with van der Waals surface area (Å²) in [4.78, 5) is 10.6. The number of rotatable bonds is 1. The number of hydrogen-bond acceptors (Lipinski definition) is 2. The molecule has 0 fully saturated rings. The molecule has 0 radical (unpaired) electrons. The lowest BCUT2D eigenvalue weighted by Crippen LogP contribution is -2.04. The average Bonchev–Trinajstić information content (AvgIpc) is 2.09. The summed E-state index contributed by atoms with van der Waals surface area (Å²) in [5, 5.41) is 6.68. The zero-order chi connectivity index (χ0) is 8.43. The van der Waals surface area contributed by atoms with E-state index in [4.69, 9.17) is 11.6 Å². The Bertz CT molecular complexity index is 281. The SMILES string of the molecule is CC(=O)Nc1cn(C)nc1Cl. The zero-order valence-corrected chi connectivity index (χ0v) is 7.01. The van der Waals surface area contributed by atoms with Crippen molar-refractivity contribution in [1.29, 1.82) is 0 Å². The van der Waals surface area contributed by atoms with E-state index in [1.807, 2.05) is 0 Å². The molecule has 1 N–H and O–H groups in total. The van der Waals surface area contributed by atoms with Crippen LogP contribution >= 0.6 is 11.6 Å². The number of halogens is 1. The van der Waals surface area contributed by atoms with E-state index in [1.54, 1.807) is 13.2 Å². The van der Waals surface area contributed by atoms with Gasteiger partial charge in [0.25, 0.3) is 0 Å². The molecule has 1 amide bonds. The van der Waals surface area contributed by atoms with Gasteiger partial charge >= 0.3 is 0 Å². The van der Waals surface area contributed by atoms with Gasteiger partial charge in [0.05, 0.1) is 5.69 Å². The van der Waals surface area contributed by atoms with Crippen LogP contribution in [0.4, 0.5) is 5.69 Å². The molecular weight excluding hydrogens is 166 g/mol. The largest absolute Gasteiger partial charge is 0.322 e. The smallest absolute Gasteiger partial charge is 0.221 e. The first-order chi connectivity index (χ1) is 5.09. The molecule has 1 aromatic heterocycles. The summed E-state index contributed by atoms with van der Waals surface area (Å²) in [5.74, 6) is -0.153. The molecule has 0 atom stereocenters. The standard InChI is InChI=1S/C6H8ClN3O/c1-4(11)8-5-3-10(2)9-6(5)7/h3H,1-2H3,(H,8,11). The fourth-order valence-corrected chi connectivity index (χ4v) is 0.950. The van der Waals surface area contributed by atoms with E-state index in [9.17, 15) is 4.79 Å². The molecule has 1 aromatic rings. The Labute approximate surface area is 69.1 Å². The van der Waals surface area contributed by atoms with Gasteiger partial charge in [-0.05, 0) is 0 Å². The summed E-state index contributed by atoms with van der Waals surface area (Å²) in [6.07, 6.45) is 1.64. The summed E-state index contributed by atoms with van der Waals surface area (Å²) >= 11 is 5.64. The van der Waals surface area contributed by atoms with Crippen molar-refractivity contribution in [3.05, 3.63) is 11.3 Å². The summed E-state index contributed by atoms with van der Waals surface area (Å²) in [6, 6.07) is 0. The number of aryl methyl sites for hydroxylation is 1. The van der Waals surface area contributed by atoms with Gasteiger partial charge in [0.15, 0.2) is 5.15 Å². The minimum Gasteiger partial charge on any atom is -0.322 e. The van der Waals surface area contributed by atoms with Crippen LogP contribution in [0.25, 0.3) is 0 Å². The second-order valence-electron chi connectivity index (χ2n) is 2.19. The lowest BCUT2D eigenvalue weighted by Gasteiger charge is -1.94. The number of anilines is 1. The highest BCUT2D eigenvalue weighted by Crippen LogP contribution is 2.17. The number of carbonyl (C=O) groups excluding carboxylic acids is 1. The highest BCUT2D eigenvalue weighted by molar-refractivity contribution is 6.32. The summed E-state index contributed by atoms with van der Waals surface area (Å²) < 4.78 is 1.54. The van der Waals surface area contributed by atoms with Crippen molar-refractivity contribution in [3.63, 3.8) is 0 Å². The van der Waals surface area contributed by atoms with Crippen molar-refractivity contribution < 1.29 is 4.79 Å². The monoisotopic (exact) mass is 173 g/mol. The van der Waals surface area contributed by atoms with E-state index in [0.29, 0.717) is 10.8 Å². The molecular formula is C6H8ClN3O. The number of nitrogens with zero attached hydrogens (tertiary/aromatic N) is 2. The number of amides is 1. The third kappa shape index (κ3) is 1.94. The molecule has 5 heteroatoms. The predicted molar refractivity (Wildman–Crippen MR) is 42.5 cm³/mol. The molecule has 0 unspecified atom stereocenters. The highest BCUT2D eigenvalue weighted by Gasteiger charge is 2.04. The Balaban J connectivity index is 2.85. The van der Waals surface area contributed by atoms with Gasteiger partial charge in [-0.15, -0.1) is 0 Å². The molecule has 0 spiro atoms. The minimum atomic E-state index is -0.153. The summed E-state index contributed by atoms with van der Waals surface area (Å²) in [6.45, 7) is 1.42. The Kier molecular flexibility index (Phi) is 2.14. The maximum absolute atomic E-state index is 10.6. The van der Waals surface area contributed by atoms with Gasteiger partial charge in [-0.2, -0.15) is 5.10 Å². The fraction of sp³-hybridized carbons (Fsp3) is 0.333. The van der Waals surface area contributed by atoms with Crippen molar-refractivity contribution in [3.8, 4) is 0 Å². The Morgan fingerprint density at radius 2 is 2.45 bits per heavy atom. The van der Waals surface area contributed by atoms with Crippen LogP contribution in [0.2, 0.25) is 5.15 Å². The first-order valence-electron chi connectivity index (χ1n) is 3.06. The fourth-order valence-electron chi connectivity index (χ4n) is 0.735. The van der Waals surface area contributed by atoms with Gasteiger partial charge in [0.1, 0.15) is 0 Å². The van der Waals surface area contributed by atoms with Crippen molar-refractivity contribution in [1.82, 2.24) is 9.78 Å². The predicted octanol–water partition coefficient (Wildman–Crippen LogP) is 1.03. The van der Waals surface area contributed by atoms with Crippen LogP contribution in [0, 0.1) is 0 Å². The van der Waals surface area contributed by atoms with Crippen LogP contribution in [-0.4, -0.2) is 15.7 Å². The topological polar surface area (TPSA) is 46.9 Å². The van der Waals surface area contributed by atoms with Crippen LogP contribution in [0.1, 0.15) is 6.92 Å². The molecule has 0 aliphatic heterocycles.